The maximum Gasteiger partial charge on any atom is 0.312 e. The van der Waals surface area contributed by atoms with Crippen LogP contribution in [0.25, 0.3) is 0 Å². The molecule has 0 saturated heterocycles. The summed E-state index contributed by atoms with van der Waals surface area (Å²) < 4.78 is 4.72. The van der Waals surface area contributed by atoms with Gasteiger partial charge >= 0.3 is 11.9 Å². The van der Waals surface area contributed by atoms with Gasteiger partial charge in [0.05, 0.1) is 18.9 Å². The van der Waals surface area contributed by atoms with Crippen LogP contribution in [0.15, 0.2) is 0 Å². The average Bonchev–Trinajstić information content (AvgIpc) is 2.16. The molecule has 0 spiro atoms. The number of aliphatic carboxylic acids is 1. The SMILES string of the molecule is CCCC(CCC)(CC(=O)O)C(=O)OC. The molecule has 0 aromatic heterocycles. The zero-order valence-electron chi connectivity index (χ0n) is 9.71. The van der Waals surface area contributed by atoms with Crippen molar-refractivity contribution in [3.8, 4) is 0 Å². The molecule has 0 aliphatic rings. The summed E-state index contributed by atoms with van der Waals surface area (Å²) in [6.07, 6.45) is 2.56. The van der Waals surface area contributed by atoms with Gasteiger partial charge in [0.25, 0.3) is 0 Å². The van der Waals surface area contributed by atoms with Gasteiger partial charge in [-0.1, -0.05) is 26.7 Å². The van der Waals surface area contributed by atoms with Gasteiger partial charge < -0.3 is 9.84 Å². The van der Waals surface area contributed by atoms with Gasteiger partial charge in [0.15, 0.2) is 0 Å². The summed E-state index contributed by atoms with van der Waals surface area (Å²) in [6, 6.07) is 0. The first-order chi connectivity index (χ1) is 7.02. The van der Waals surface area contributed by atoms with Crippen LogP contribution in [0.2, 0.25) is 0 Å². The third-order valence-electron chi connectivity index (χ3n) is 2.57. The number of carboxylic acid groups (broad SMARTS) is 1. The Hall–Kier alpha value is -1.06. The predicted octanol–water partition coefficient (Wildman–Crippen LogP) is 2.22. The zero-order chi connectivity index (χ0) is 11.9. The fraction of sp³-hybridized carbons (Fsp3) is 0.818. The second-order valence-corrected chi connectivity index (χ2v) is 3.84. The van der Waals surface area contributed by atoms with Crippen molar-refractivity contribution in [1.82, 2.24) is 0 Å². The monoisotopic (exact) mass is 216 g/mol. The predicted molar refractivity (Wildman–Crippen MR) is 56.5 cm³/mol. The molecule has 0 atom stereocenters. The first-order valence-corrected chi connectivity index (χ1v) is 5.32. The Morgan fingerprint density at radius 3 is 1.93 bits per heavy atom. The van der Waals surface area contributed by atoms with Crippen LogP contribution in [0.1, 0.15) is 46.0 Å². The molecule has 4 nitrogen and oxygen atoms in total. The van der Waals surface area contributed by atoms with E-state index in [-0.39, 0.29) is 6.42 Å². The van der Waals surface area contributed by atoms with Crippen molar-refractivity contribution in [1.29, 1.82) is 0 Å². The van der Waals surface area contributed by atoms with Crippen molar-refractivity contribution in [3.63, 3.8) is 0 Å². The third kappa shape index (κ3) is 3.90. The summed E-state index contributed by atoms with van der Waals surface area (Å²) in [6.45, 7) is 3.88. The van der Waals surface area contributed by atoms with Crippen molar-refractivity contribution in [2.24, 2.45) is 5.41 Å². The van der Waals surface area contributed by atoms with E-state index in [1.54, 1.807) is 0 Å². The number of esters is 1. The van der Waals surface area contributed by atoms with Gasteiger partial charge in [0, 0.05) is 0 Å². The molecule has 0 rings (SSSR count). The maximum atomic E-state index is 11.7. The first-order valence-electron chi connectivity index (χ1n) is 5.32. The Balaban J connectivity index is 4.86. The summed E-state index contributed by atoms with van der Waals surface area (Å²) in [5.41, 5.74) is -0.829. The van der Waals surface area contributed by atoms with E-state index in [1.807, 2.05) is 13.8 Å². The lowest BCUT2D eigenvalue weighted by Crippen LogP contribution is -2.34. The number of methoxy groups -OCH3 is 1. The number of rotatable bonds is 7. The Kier molecular flexibility index (Phi) is 5.97. The molecule has 0 aromatic carbocycles. The summed E-state index contributed by atoms with van der Waals surface area (Å²) in [5.74, 6) is -1.34. The normalized spacial score (nSPS) is 11.1. The number of carbonyl (C=O) groups is 2. The minimum atomic E-state index is -0.942. The molecular weight excluding hydrogens is 196 g/mol. The summed E-state index contributed by atoms with van der Waals surface area (Å²) >= 11 is 0. The Labute approximate surface area is 90.6 Å². The van der Waals surface area contributed by atoms with Crippen LogP contribution in [0.5, 0.6) is 0 Å². The zero-order valence-corrected chi connectivity index (χ0v) is 9.71. The van der Waals surface area contributed by atoms with Crippen LogP contribution >= 0.6 is 0 Å². The maximum absolute atomic E-state index is 11.7. The number of hydrogen-bond donors (Lipinski definition) is 1. The standard InChI is InChI=1S/C11H20O4/c1-4-6-11(7-5-2,8-9(12)13)10(14)15-3/h4-8H2,1-3H3,(H,12,13). The molecule has 0 amide bonds. The Bertz CT molecular complexity index is 217. The second-order valence-electron chi connectivity index (χ2n) is 3.84. The quantitative estimate of drug-likeness (QED) is 0.663. The van der Waals surface area contributed by atoms with Gasteiger partial charge in [0.1, 0.15) is 0 Å². The molecule has 15 heavy (non-hydrogen) atoms. The molecule has 0 aliphatic carbocycles. The summed E-state index contributed by atoms with van der Waals surface area (Å²) in [4.78, 5) is 22.4. The van der Waals surface area contributed by atoms with Gasteiger partial charge in [-0.3, -0.25) is 9.59 Å². The molecule has 0 unspecified atom stereocenters. The van der Waals surface area contributed by atoms with Crippen LogP contribution in [0.3, 0.4) is 0 Å². The molecule has 0 aromatic rings. The molecule has 0 saturated carbocycles. The molecule has 0 radical (unpaired) electrons. The lowest BCUT2D eigenvalue weighted by molar-refractivity contribution is -0.159. The number of hydrogen-bond acceptors (Lipinski definition) is 3. The molecule has 0 fully saturated rings. The minimum absolute atomic E-state index is 0.138. The Morgan fingerprint density at radius 1 is 1.20 bits per heavy atom. The molecular formula is C11H20O4. The van der Waals surface area contributed by atoms with E-state index < -0.39 is 17.4 Å². The van der Waals surface area contributed by atoms with Gasteiger partial charge in [0.2, 0.25) is 0 Å². The van der Waals surface area contributed by atoms with Crippen molar-refractivity contribution in [3.05, 3.63) is 0 Å². The second kappa shape index (κ2) is 6.43. The highest BCUT2D eigenvalue weighted by Crippen LogP contribution is 2.35. The van der Waals surface area contributed by atoms with E-state index in [0.29, 0.717) is 12.8 Å². The molecule has 0 heterocycles. The van der Waals surface area contributed by atoms with Crippen LogP contribution in [-0.2, 0) is 14.3 Å². The highest BCUT2D eigenvalue weighted by Gasteiger charge is 2.39. The number of carboxylic acids is 1. The largest absolute Gasteiger partial charge is 0.481 e. The average molecular weight is 216 g/mol. The van der Waals surface area contributed by atoms with Crippen molar-refractivity contribution in [2.45, 2.75) is 46.0 Å². The van der Waals surface area contributed by atoms with E-state index >= 15 is 0 Å². The van der Waals surface area contributed by atoms with E-state index in [4.69, 9.17) is 9.84 Å². The van der Waals surface area contributed by atoms with Crippen LogP contribution in [-0.4, -0.2) is 24.2 Å². The smallest absolute Gasteiger partial charge is 0.312 e. The fourth-order valence-corrected chi connectivity index (χ4v) is 2.04. The van der Waals surface area contributed by atoms with Crippen molar-refractivity contribution < 1.29 is 19.4 Å². The molecule has 0 aliphatic heterocycles. The highest BCUT2D eigenvalue weighted by molar-refractivity contribution is 5.82. The molecule has 0 bridgehead atoms. The van der Waals surface area contributed by atoms with Crippen molar-refractivity contribution >= 4 is 11.9 Å². The van der Waals surface area contributed by atoms with E-state index in [1.165, 1.54) is 7.11 Å². The van der Waals surface area contributed by atoms with Gasteiger partial charge in [-0.05, 0) is 12.8 Å². The third-order valence-corrected chi connectivity index (χ3v) is 2.57. The van der Waals surface area contributed by atoms with Gasteiger partial charge in [-0.2, -0.15) is 0 Å². The highest BCUT2D eigenvalue weighted by atomic mass is 16.5. The summed E-state index contributed by atoms with van der Waals surface area (Å²) in [7, 11) is 1.31. The van der Waals surface area contributed by atoms with Gasteiger partial charge in [-0.15, -0.1) is 0 Å². The van der Waals surface area contributed by atoms with Crippen LogP contribution in [0, 0.1) is 5.41 Å². The van der Waals surface area contributed by atoms with Crippen molar-refractivity contribution in [2.75, 3.05) is 7.11 Å². The first kappa shape index (κ1) is 13.9. The van der Waals surface area contributed by atoms with E-state index in [0.717, 1.165) is 12.8 Å². The Morgan fingerprint density at radius 2 is 1.67 bits per heavy atom. The van der Waals surface area contributed by atoms with E-state index in [2.05, 4.69) is 0 Å². The minimum Gasteiger partial charge on any atom is -0.481 e. The lowest BCUT2D eigenvalue weighted by atomic mass is 9.76. The molecule has 88 valence electrons. The van der Waals surface area contributed by atoms with Crippen LogP contribution in [0.4, 0.5) is 0 Å². The van der Waals surface area contributed by atoms with Crippen LogP contribution < -0.4 is 0 Å². The number of carbonyl (C=O) groups excluding carboxylic acids is 1. The topological polar surface area (TPSA) is 63.6 Å². The number of ether oxygens (including phenoxy) is 1. The molecule has 4 heteroatoms. The molecule has 1 N–H and O–H groups in total. The lowest BCUT2D eigenvalue weighted by Gasteiger charge is -2.28. The fourth-order valence-electron chi connectivity index (χ4n) is 2.04. The summed E-state index contributed by atoms with van der Waals surface area (Å²) in [5, 5.41) is 8.84. The van der Waals surface area contributed by atoms with E-state index in [9.17, 15) is 9.59 Å². The van der Waals surface area contributed by atoms with Gasteiger partial charge in [-0.25, -0.2) is 0 Å².